The van der Waals surface area contributed by atoms with Gasteiger partial charge in [-0.3, -0.25) is 10.1 Å². The molecule has 0 aliphatic heterocycles. The van der Waals surface area contributed by atoms with Crippen LogP contribution in [0.4, 0.5) is 13.9 Å². The highest BCUT2D eigenvalue weighted by Crippen LogP contribution is 2.33. The molecule has 0 saturated carbocycles. The summed E-state index contributed by atoms with van der Waals surface area (Å²) < 4.78 is 31.4. The fourth-order valence-electron chi connectivity index (χ4n) is 2.69. The number of carbonyl (C=O) groups excluding carboxylic acids is 1. The molecule has 2 aromatic heterocycles. The van der Waals surface area contributed by atoms with Gasteiger partial charge in [0.15, 0.2) is 5.13 Å². The molecule has 4 rings (SSSR count). The minimum absolute atomic E-state index is 0.0277. The van der Waals surface area contributed by atoms with Crippen LogP contribution in [0.2, 0.25) is 0 Å². The normalized spacial score (nSPS) is 10.9. The van der Waals surface area contributed by atoms with Crippen molar-refractivity contribution >= 4 is 22.4 Å². The number of benzene rings is 2. The van der Waals surface area contributed by atoms with Crippen molar-refractivity contribution in [3.8, 4) is 22.7 Å². The Morgan fingerprint density at radius 3 is 2.62 bits per heavy atom. The van der Waals surface area contributed by atoms with Crippen molar-refractivity contribution in [3.63, 3.8) is 0 Å². The molecule has 0 saturated heterocycles. The predicted octanol–water partition coefficient (Wildman–Crippen LogP) is 4.85. The van der Waals surface area contributed by atoms with Crippen LogP contribution in [-0.4, -0.2) is 27.3 Å². The van der Waals surface area contributed by atoms with Gasteiger partial charge in [-0.2, -0.15) is 13.9 Å². The lowest BCUT2D eigenvalue weighted by molar-refractivity contribution is -0.0494. The van der Waals surface area contributed by atoms with Crippen LogP contribution in [0.3, 0.4) is 0 Å². The van der Waals surface area contributed by atoms with Crippen molar-refractivity contribution in [2.24, 2.45) is 0 Å². The second-order valence-electron chi connectivity index (χ2n) is 5.86. The Kier molecular flexibility index (Phi) is 5.30. The lowest BCUT2D eigenvalue weighted by Crippen LogP contribution is -2.11. The Morgan fingerprint density at radius 1 is 1.10 bits per heavy atom. The van der Waals surface area contributed by atoms with Gasteiger partial charge >= 0.3 is 6.61 Å². The number of nitrogens with one attached hydrogen (secondary N) is 1. The van der Waals surface area contributed by atoms with Crippen molar-refractivity contribution < 1.29 is 18.3 Å². The first-order chi connectivity index (χ1) is 14.1. The third-order valence-corrected chi connectivity index (χ3v) is 4.76. The number of hydrogen-bond donors (Lipinski definition) is 1. The molecule has 29 heavy (non-hydrogen) atoms. The van der Waals surface area contributed by atoms with E-state index >= 15 is 0 Å². The number of amides is 1. The number of nitrogens with zero attached hydrogens (tertiary/aromatic N) is 3. The quantitative estimate of drug-likeness (QED) is 0.492. The Balaban J connectivity index is 1.49. The van der Waals surface area contributed by atoms with Crippen molar-refractivity contribution in [3.05, 3.63) is 77.9 Å². The number of hydrogen-bond acceptors (Lipinski definition) is 5. The van der Waals surface area contributed by atoms with Crippen molar-refractivity contribution in [2.45, 2.75) is 6.61 Å². The van der Waals surface area contributed by atoms with Crippen LogP contribution in [0.15, 0.2) is 72.4 Å². The van der Waals surface area contributed by atoms with Gasteiger partial charge in [-0.05, 0) is 42.5 Å². The van der Waals surface area contributed by atoms with Gasteiger partial charge in [-0.1, -0.05) is 12.1 Å². The fourth-order valence-corrected chi connectivity index (χ4v) is 3.39. The molecule has 4 aromatic rings. The van der Waals surface area contributed by atoms with Crippen LogP contribution in [0.5, 0.6) is 5.75 Å². The van der Waals surface area contributed by atoms with Crippen LogP contribution >= 0.6 is 11.3 Å². The molecule has 6 nitrogen and oxygen atoms in total. The van der Waals surface area contributed by atoms with E-state index in [4.69, 9.17) is 0 Å². The van der Waals surface area contributed by atoms with Gasteiger partial charge in [-0.25, -0.2) is 9.67 Å². The second kappa shape index (κ2) is 8.19. The van der Waals surface area contributed by atoms with Crippen LogP contribution in [0, 0.1) is 0 Å². The van der Waals surface area contributed by atoms with Gasteiger partial charge < -0.3 is 4.74 Å². The van der Waals surface area contributed by atoms with E-state index in [0.717, 1.165) is 5.69 Å². The van der Waals surface area contributed by atoms with E-state index in [9.17, 15) is 13.6 Å². The van der Waals surface area contributed by atoms with Crippen LogP contribution < -0.4 is 10.1 Å². The van der Waals surface area contributed by atoms with E-state index in [0.29, 0.717) is 22.0 Å². The molecule has 0 spiro atoms. The smallest absolute Gasteiger partial charge is 0.387 e. The Bertz CT molecular complexity index is 1110. The highest BCUT2D eigenvalue weighted by atomic mass is 32.1. The minimum Gasteiger partial charge on any atom is -0.434 e. The summed E-state index contributed by atoms with van der Waals surface area (Å²) in [5.41, 5.74) is 2.15. The molecule has 146 valence electrons. The van der Waals surface area contributed by atoms with Gasteiger partial charge in [0.25, 0.3) is 5.91 Å². The average molecular weight is 412 g/mol. The second-order valence-corrected chi connectivity index (χ2v) is 6.72. The molecule has 2 heterocycles. The average Bonchev–Trinajstić information content (AvgIpc) is 3.40. The number of halogens is 2. The number of para-hydroxylation sites is 1. The summed E-state index contributed by atoms with van der Waals surface area (Å²) in [6.07, 6.45) is 3.48. The zero-order valence-corrected chi connectivity index (χ0v) is 15.6. The first kappa shape index (κ1) is 18.8. The number of ether oxygens (including phenoxy) is 1. The SMILES string of the molecule is O=C(Nc1nc(-c2ccccc2OC(F)F)cs1)c1ccc(-n2cccn2)cc1. The Labute approximate surface area is 168 Å². The highest BCUT2D eigenvalue weighted by Gasteiger charge is 2.15. The molecular weight excluding hydrogens is 398 g/mol. The van der Waals surface area contributed by atoms with Gasteiger partial charge in [0.2, 0.25) is 0 Å². The first-order valence-corrected chi connectivity index (χ1v) is 9.39. The lowest BCUT2D eigenvalue weighted by atomic mass is 10.1. The molecular formula is C20H14F2N4O2S. The van der Waals surface area contributed by atoms with E-state index in [1.54, 1.807) is 58.7 Å². The van der Waals surface area contributed by atoms with Gasteiger partial charge in [-0.15, -0.1) is 11.3 Å². The van der Waals surface area contributed by atoms with E-state index in [1.165, 1.54) is 17.4 Å². The number of carbonyl (C=O) groups is 1. The number of thiazole rings is 1. The minimum atomic E-state index is -2.93. The summed E-state index contributed by atoms with van der Waals surface area (Å²) in [6, 6.07) is 15.1. The van der Waals surface area contributed by atoms with E-state index in [-0.39, 0.29) is 11.7 Å². The fraction of sp³-hybridized carbons (Fsp3) is 0.0500. The molecule has 9 heteroatoms. The summed E-state index contributed by atoms with van der Waals surface area (Å²) in [5, 5.41) is 8.88. The van der Waals surface area contributed by atoms with Crippen molar-refractivity contribution in [1.82, 2.24) is 14.8 Å². The number of anilines is 1. The lowest BCUT2D eigenvalue weighted by Gasteiger charge is -2.08. The molecule has 0 aliphatic carbocycles. The molecule has 1 N–H and O–H groups in total. The molecule has 1 amide bonds. The van der Waals surface area contributed by atoms with Crippen molar-refractivity contribution in [1.29, 1.82) is 0 Å². The molecule has 0 bridgehead atoms. The summed E-state index contributed by atoms with van der Waals surface area (Å²) in [7, 11) is 0. The summed E-state index contributed by atoms with van der Waals surface area (Å²) in [4.78, 5) is 16.8. The molecule has 0 aliphatic rings. The van der Waals surface area contributed by atoms with E-state index in [1.807, 2.05) is 12.3 Å². The predicted molar refractivity (Wildman–Crippen MR) is 106 cm³/mol. The molecule has 0 fully saturated rings. The Hall–Kier alpha value is -3.59. The maximum absolute atomic E-state index is 12.6. The first-order valence-electron chi connectivity index (χ1n) is 8.51. The third-order valence-electron chi connectivity index (χ3n) is 4.00. The zero-order chi connectivity index (χ0) is 20.2. The van der Waals surface area contributed by atoms with Crippen LogP contribution in [0.25, 0.3) is 16.9 Å². The molecule has 0 atom stereocenters. The van der Waals surface area contributed by atoms with Crippen LogP contribution in [0.1, 0.15) is 10.4 Å². The zero-order valence-electron chi connectivity index (χ0n) is 14.8. The topological polar surface area (TPSA) is 69.0 Å². The summed E-state index contributed by atoms with van der Waals surface area (Å²) >= 11 is 1.20. The van der Waals surface area contributed by atoms with Gasteiger partial charge in [0, 0.05) is 28.9 Å². The number of rotatable bonds is 6. The van der Waals surface area contributed by atoms with E-state index in [2.05, 4.69) is 20.1 Å². The summed E-state index contributed by atoms with van der Waals surface area (Å²) in [6.45, 7) is -2.93. The largest absolute Gasteiger partial charge is 0.434 e. The molecule has 0 unspecified atom stereocenters. The van der Waals surface area contributed by atoms with Crippen molar-refractivity contribution in [2.75, 3.05) is 5.32 Å². The summed E-state index contributed by atoms with van der Waals surface area (Å²) in [5.74, 6) is -0.296. The van der Waals surface area contributed by atoms with Crippen LogP contribution in [-0.2, 0) is 0 Å². The molecule has 0 radical (unpaired) electrons. The van der Waals surface area contributed by atoms with Gasteiger partial charge in [0.05, 0.1) is 11.4 Å². The standard InChI is InChI=1S/C20H14F2N4O2S/c21-19(22)28-17-5-2-1-4-15(17)16-12-29-20(24-16)25-18(27)13-6-8-14(9-7-13)26-11-3-10-23-26/h1-12,19H,(H,24,25,27). The number of aromatic nitrogens is 3. The van der Waals surface area contributed by atoms with E-state index < -0.39 is 6.61 Å². The highest BCUT2D eigenvalue weighted by molar-refractivity contribution is 7.14. The van der Waals surface area contributed by atoms with Gasteiger partial charge in [0.1, 0.15) is 5.75 Å². The third kappa shape index (κ3) is 4.30. The maximum atomic E-state index is 12.6. The molecule has 2 aromatic carbocycles. The Morgan fingerprint density at radius 2 is 1.90 bits per heavy atom. The monoisotopic (exact) mass is 412 g/mol. The number of alkyl halides is 2. The maximum Gasteiger partial charge on any atom is 0.387 e.